The van der Waals surface area contributed by atoms with E-state index in [4.69, 9.17) is 0 Å². The van der Waals surface area contributed by atoms with Crippen molar-refractivity contribution in [3.8, 4) is 0 Å². The van der Waals surface area contributed by atoms with E-state index in [0.717, 1.165) is 6.42 Å². The number of nitrogens with one attached hydrogen (secondary N) is 1. The van der Waals surface area contributed by atoms with Crippen LogP contribution >= 0.6 is 11.8 Å². The lowest BCUT2D eigenvalue weighted by molar-refractivity contribution is -0.120. The Labute approximate surface area is 139 Å². The standard InChI is InChI=1S/C16H29NO3S2/c1-11(2)14-5-4-12(3)8-15(14)17-16(18)9-21-13-6-7-22(19,20)10-13/h11-15H,4-10H2,1-3H3,(H,17,18)/t12-,13-,14-,15-/m1/s1. The van der Waals surface area contributed by atoms with Gasteiger partial charge in [0.25, 0.3) is 0 Å². The lowest BCUT2D eigenvalue weighted by Crippen LogP contribution is -2.46. The van der Waals surface area contributed by atoms with Gasteiger partial charge in [0.15, 0.2) is 9.84 Å². The van der Waals surface area contributed by atoms with E-state index in [1.54, 1.807) is 0 Å². The van der Waals surface area contributed by atoms with Crippen molar-refractivity contribution in [2.45, 2.75) is 57.7 Å². The van der Waals surface area contributed by atoms with Gasteiger partial charge in [-0.15, -0.1) is 11.8 Å². The average Bonchev–Trinajstić information content (AvgIpc) is 2.76. The molecule has 2 fully saturated rings. The van der Waals surface area contributed by atoms with Gasteiger partial charge < -0.3 is 5.32 Å². The SMILES string of the molecule is CC(C)[C@H]1CC[C@@H](C)C[C@H]1NC(=O)CS[C@@H]1CCS(=O)(=O)C1. The van der Waals surface area contributed by atoms with Gasteiger partial charge in [-0.25, -0.2) is 8.42 Å². The van der Waals surface area contributed by atoms with Crippen molar-refractivity contribution < 1.29 is 13.2 Å². The highest BCUT2D eigenvalue weighted by atomic mass is 32.2. The third-order valence-electron chi connectivity index (χ3n) is 5.01. The predicted molar refractivity (Wildman–Crippen MR) is 92.8 cm³/mol. The molecule has 4 atom stereocenters. The molecule has 128 valence electrons. The summed E-state index contributed by atoms with van der Waals surface area (Å²) in [4.78, 5) is 12.2. The molecule has 1 heterocycles. The van der Waals surface area contributed by atoms with E-state index < -0.39 is 9.84 Å². The predicted octanol–water partition coefficient (Wildman–Crippen LogP) is 2.48. The van der Waals surface area contributed by atoms with Gasteiger partial charge in [-0.2, -0.15) is 0 Å². The van der Waals surface area contributed by atoms with Crippen LogP contribution in [0.25, 0.3) is 0 Å². The van der Waals surface area contributed by atoms with E-state index in [1.165, 1.54) is 24.6 Å². The summed E-state index contributed by atoms with van der Waals surface area (Å²) in [5, 5.41) is 3.32. The van der Waals surface area contributed by atoms with Gasteiger partial charge in [0.2, 0.25) is 5.91 Å². The highest BCUT2D eigenvalue weighted by Crippen LogP contribution is 2.33. The first-order chi connectivity index (χ1) is 10.3. The van der Waals surface area contributed by atoms with Crippen molar-refractivity contribution in [1.82, 2.24) is 5.32 Å². The maximum Gasteiger partial charge on any atom is 0.230 e. The van der Waals surface area contributed by atoms with Crippen molar-refractivity contribution in [2.75, 3.05) is 17.3 Å². The van der Waals surface area contributed by atoms with Crippen LogP contribution in [0.15, 0.2) is 0 Å². The number of hydrogen-bond acceptors (Lipinski definition) is 4. The Bertz CT molecular complexity index is 490. The quantitative estimate of drug-likeness (QED) is 0.830. The fourth-order valence-electron chi connectivity index (χ4n) is 3.70. The smallest absolute Gasteiger partial charge is 0.230 e. The Hall–Kier alpha value is -0.230. The number of rotatable bonds is 5. The number of thioether (sulfide) groups is 1. The molecule has 0 radical (unpaired) electrons. The molecule has 4 nitrogen and oxygen atoms in total. The second-order valence-electron chi connectivity index (χ2n) is 7.34. The van der Waals surface area contributed by atoms with Crippen LogP contribution in [-0.2, 0) is 14.6 Å². The third-order valence-corrected chi connectivity index (χ3v) is 8.29. The van der Waals surface area contributed by atoms with Crippen LogP contribution in [-0.4, -0.2) is 42.9 Å². The Morgan fingerprint density at radius 2 is 2.00 bits per heavy atom. The number of carbonyl (C=O) groups excluding carboxylic acids is 1. The zero-order chi connectivity index (χ0) is 16.3. The van der Waals surface area contributed by atoms with E-state index in [9.17, 15) is 13.2 Å². The molecule has 6 heteroatoms. The summed E-state index contributed by atoms with van der Waals surface area (Å²) in [6.45, 7) is 6.73. The summed E-state index contributed by atoms with van der Waals surface area (Å²) in [6, 6.07) is 0.282. The molecule has 0 spiro atoms. The van der Waals surface area contributed by atoms with Crippen LogP contribution in [0.1, 0.15) is 46.5 Å². The Kier molecular flexibility index (Phi) is 6.22. The van der Waals surface area contributed by atoms with Crippen LogP contribution in [0.3, 0.4) is 0 Å². The van der Waals surface area contributed by atoms with E-state index >= 15 is 0 Å². The van der Waals surface area contributed by atoms with Crippen molar-refractivity contribution in [3.05, 3.63) is 0 Å². The van der Waals surface area contributed by atoms with Gasteiger partial charge in [-0.3, -0.25) is 4.79 Å². The Balaban J connectivity index is 1.80. The second-order valence-corrected chi connectivity index (χ2v) is 10.9. The average molecular weight is 348 g/mol. The molecule has 0 bridgehead atoms. The number of carbonyl (C=O) groups is 1. The molecule has 1 N–H and O–H groups in total. The van der Waals surface area contributed by atoms with Crippen LogP contribution in [0.4, 0.5) is 0 Å². The maximum atomic E-state index is 12.2. The molecule has 1 saturated heterocycles. The van der Waals surface area contributed by atoms with E-state index in [2.05, 4.69) is 26.1 Å². The first-order valence-corrected chi connectivity index (χ1v) is 11.2. The zero-order valence-corrected chi connectivity index (χ0v) is 15.5. The molecule has 0 unspecified atom stereocenters. The van der Waals surface area contributed by atoms with Crippen molar-refractivity contribution in [2.24, 2.45) is 17.8 Å². The molecule has 1 amide bonds. The van der Waals surface area contributed by atoms with Crippen LogP contribution in [0, 0.1) is 17.8 Å². The summed E-state index contributed by atoms with van der Waals surface area (Å²) in [7, 11) is -2.85. The second kappa shape index (κ2) is 7.56. The van der Waals surface area contributed by atoms with Crippen LogP contribution < -0.4 is 5.32 Å². The summed E-state index contributed by atoms with van der Waals surface area (Å²) in [6.07, 6.45) is 4.20. The topological polar surface area (TPSA) is 63.2 Å². The highest BCUT2D eigenvalue weighted by Gasteiger charge is 2.32. The van der Waals surface area contributed by atoms with Gasteiger partial charge in [0.05, 0.1) is 17.3 Å². The fourth-order valence-corrected chi connectivity index (χ4v) is 7.16. The number of sulfone groups is 1. The molecule has 0 aromatic rings. The van der Waals surface area contributed by atoms with Crippen LogP contribution in [0.2, 0.25) is 0 Å². The van der Waals surface area contributed by atoms with Gasteiger partial charge >= 0.3 is 0 Å². The Morgan fingerprint density at radius 1 is 1.27 bits per heavy atom. The highest BCUT2D eigenvalue weighted by molar-refractivity contribution is 8.02. The number of amides is 1. The monoisotopic (exact) mass is 347 g/mol. The summed E-state index contributed by atoms with van der Waals surface area (Å²) in [5.74, 6) is 2.80. The molecule has 22 heavy (non-hydrogen) atoms. The van der Waals surface area contributed by atoms with Crippen molar-refractivity contribution >= 4 is 27.5 Å². The Morgan fingerprint density at radius 3 is 2.59 bits per heavy atom. The normalized spacial score (nSPS) is 34.7. The minimum atomic E-state index is -2.85. The largest absolute Gasteiger partial charge is 0.352 e. The van der Waals surface area contributed by atoms with Crippen LogP contribution in [0.5, 0.6) is 0 Å². The minimum absolute atomic E-state index is 0.0686. The molecular weight excluding hydrogens is 318 g/mol. The molecule has 0 aromatic heterocycles. The minimum Gasteiger partial charge on any atom is -0.352 e. The first-order valence-electron chi connectivity index (χ1n) is 8.38. The molecule has 0 aromatic carbocycles. The van der Waals surface area contributed by atoms with Gasteiger partial charge in [-0.1, -0.05) is 27.2 Å². The van der Waals surface area contributed by atoms with Gasteiger partial charge in [0.1, 0.15) is 0 Å². The fraction of sp³-hybridized carbons (Fsp3) is 0.938. The lowest BCUT2D eigenvalue weighted by Gasteiger charge is -2.37. The molecule has 2 aliphatic rings. The number of hydrogen-bond donors (Lipinski definition) is 1. The molecular formula is C16H29NO3S2. The summed E-state index contributed by atoms with van der Waals surface area (Å²) in [5.41, 5.74) is 0. The third kappa shape index (κ3) is 5.15. The molecule has 1 aliphatic heterocycles. The van der Waals surface area contributed by atoms with Crippen molar-refractivity contribution in [3.63, 3.8) is 0 Å². The summed E-state index contributed by atoms with van der Waals surface area (Å²) < 4.78 is 22.9. The van der Waals surface area contributed by atoms with Crippen molar-refractivity contribution in [1.29, 1.82) is 0 Å². The molecule has 1 saturated carbocycles. The van der Waals surface area contributed by atoms with E-state index in [0.29, 0.717) is 29.9 Å². The first kappa shape index (κ1) is 18.1. The van der Waals surface area contributed by atoms with E-state index in [1.807, 2.05) is 0 Å². The zero-order valence-electron chi connectivity index (χ0n) is 13.9. The molecule has 1 aliphatic carbocycles. The maximum absolute atomic E-state index is 12.2. The molecule has 2 rings (SSSR count). The van der Waals surface area contributed by atoms with Gasteiger partial charge in [0, 0.05) is 11.3 Å². The van der Waals surface area contributed by atoms with E-state index in [-0.39, 0.29) is 28.7 Å². The lowest BCUT2D eigenvalue weighted by atomic mass is 9.74. The summed E-state index contributed by atoms with van der Waals surface area (Å²) >= 11 is 1.50. The van der Waals surface area contributed by atoms with Gasteiger partial charge in [-0.05, 0) is 37.0 Å².